The van der Waals surface area contributed by atoms with Crippen LogP contribution in [-0.2, 0) is 9.53 Å². The van der Waals surface area contributed by atoms with Crippen LogP contribution in [-0.4, -0.2) is 72.8 Å². The van der Waals surface area contributed by atoms with Crippen LogP contribution in [0, 0.1) is 0 Å². The van der Waals surface area contributed by atoms with Gasteiger partial charge in [0.15, 0.2) is 10.5 Å². The van der Waals surface area contributed by atoms with E-state index in [1.54, 1.807) is 6.08 Å². The third-order valence-corrected chi connectivity index (χ3v) is 5.37. The first-order valence-corrected chi connectivity index (χ1v) is 8.79. The lowest BCUT2D eigenvalue weighted by atomic mass is 9.98. The summed E-state index contributed by atoms with van der Waals surface area (Å²) in [6.07, 6.45) is -5.34. The minimum atomic E-state index is -1.57. The van der Waals surface area contributed by atoms with Crippen molar-refractivity contribution in [2.75, 3.05) is 6.61 Å². The van der Waals surface area contributed by atoms with Crippen LogP contribution in [0.1, 0.15) is 5.56 Å². The van der Waals surface area contributed by atoms with Gasteiger partial charge in [0.05, 0.1) is 11.5 Å². The van der Waals surface area contributed by atoms with Crippen molar-refractivity contribution >= 4 is 40.3 Å². The number of amides is 1. The highest BCUT2D eigenvalue weighted by Gasteiger charge is 2.50. The summed E-state index contributed by atoms with van der Waals surface area (Å²) < 4.78 is 5.58. The lowest BCUT2D eigenvalue weighted by molar-refractivity contribution is -0.252. The third kappa shape index (κ3) is 3.49. The molecule has 3 rings (SSSR count). The molecule has 2 fully saturated rings. The number of hydrogen-bond acceptors (Lipinski definition) is 8. The maximum absolute atomic E-state index is 12.7. The SMILES string of the molecule is O=C1/C(=C/c2ccccc2)SC(=S)N1[C@@H]1O[C@@H](CO)[C@@H](O)[C@@H](O)[C@H]1O. The Balaban J connectivity index is 1.86. The fraction of sp³-hybridized carbons (Fsp3) is 0.375. The van der Waals surface area contributed by atoms with Gasteiger partial charge in [-0.05, 0) is 11.6 Å². The summed E-state index contributed by atoms with van der Waals surface area (Å²) in [5.74, 6) is -0.469. The summed E-state index contributed by atoms with van der Waals surface area (Å²) in [5, 5.41) is 39.2. The van der Waals surface area contributed by atoms with Crippen LogP contribution in [0.15, 0.2) is 35.2 Å². The normalized spacial score (nSPS) is 34.8. The molecule has 4 N–H and O–H groups in total. The van der Waals surface area contributed by atoms with Crippen LogP contribution in [0.5, 0.6) is 0 Å². The van der Waals surface area contributed by atoms with E-state index < -0.39 is 43.2 Å². The topological polar surface area (TPSA) is 110 Å². The van der Waals surface area contributed by atoms with Crippen molar-refractivity contribution < 1.29 is 30.0 Å². The predicted molar refractivity (Wildman–Crippen MR) is 95.2 cm³/mol. The minimum absolute atomic E-state index is 0.163. The van der Waals surface area contributed by atoms with Gasteiger partial charge in [0.1, 0.15) is 24.4 Å². The molecule has 134 valence electrons. The largest absolute Gasteiger partial charge is 0.394 e. The zero-order valence-electron chi connectivity index (χ0n) is 12.9. The highest BCUT2D eigenvalue weighted by molar-refractivity contribution is 8.26. The minimum Gasteiger partial charge on any atom is -0.394 e. The molecule has 0 saturated carbocycles. The number of aliphatic hydroxyl groups excluding tert-OH is 4. The summed E-state index contributed by atoms with van der Waals surface area (Å²) in [7, 11) is 0. The highest BCUT2D eigenvalue weighted by Crippen LogP contribution is 2.37. The van der Waals surface area contributed by atoms with E-state index in [4.69, 9.17) is 17.0 Å². The first kappa shape index (κ1) is 18.5. The number of carbonyl (C=O) groups excluding carboxylic acids is 1. The molecule has 0 aliphatic carbocycles. The van der Waals surface area contributed by atoms with E-state index in [0.29, 0.717) is 4.91 Å². The molecular formula is C16H17NO6S2. The van der Waals surface area contributed by atoms with E-state index in [-0.39, 0.29) is 4.32 Å². The number of hydrogen-bond donors (Lipinski definition) is 4. The molecule has 9 heteroatoms. The van der Waals surface area contributed by atoms with Crippen molar-refractivity contribution in [2.45, 2.75) is 30.6 Å². The van der Waals surface area contributed by atoms with Gasteiger partial charge < -0.3 is 25.2 Å². The number of ether oxygens (including phenoxy) is 1. The van der Waals surface area contributed by atoms with Crippen molar-refractivity contribution in [3.63, 3.8) is 0 Å². The fourth-order valence-corrected chi connectivity index (χ4v) is 4.01. The van der Waals surface area contributed by atoms with Gasteiger partial charge in [0, 0.05) is 0 Å². The zero-order chi connectivity index (χ0) is 18.1. The number of aliphatic hydroxyl groups is 4. The zero-order valence-corrected chi connectivity index (χ0v) is 14.6. The summed E-state index contributed by atoms with van der Waals surface area (Å²) in [6, 6.07) is 9.20. The van der Waals surface area contributed by atoms with Gasteiger partial charge in [0.25, 0.3) is 5.91 Å². The first-order chi connectivity index (χ1) is 11.9. The molecule has 0 radical (unpaired) electrons. The Morgan fingerprint density at radius 3 is 2.48 bits per heavy atom. The molecule has 25 heavy (non-hydrogen) atoms. The smallest absolute Gasteiger partial charge is 0.268 e. The van der Waals surface area contributed by atoms with Crippen LogP contribution in [0.4, 0.5) is 0 Å². The molecule has 0 aromatic heterocycles. The molecule has 2 heterocycles. The Morgan fingerprint density at radius 1 is 1.16 bits per heavy atom. The van der Waals surface area contributed by atoms with Crippen LogP contribution < -0.4 is 0 Å². The van der Waals surface area contributed by atoms with E-state index in [1.165, 1.54) is 0 Å². The molecule has 1 aromatic rings. The number of thiocarbonyl (C=S) groups is 1. The molecule has 0 bridgehead atoms. The summed E-state index contributed by atoms with van der Waals surface area (Å²) in [6.45, 7) is -0.573. The van der Waals surface area contributed by atoms with Crippen LogP contribution >= 0.6 is 24.0 Å². The summed E-state index contributed by atoms with van der Waals surface area (Å²) >= 11 is 6.27. The van der Waals surface area contributed by atoms with E-state index in [9.17, 15) is 25.2 Å². The van der Waals surface area contributed by atoms with Gasteiger partial charge in [0.2, 0.25) is 0 Å². The van der Waals surface area contributed by atoms with E-state index >= 15 is 0 Å². The lowest BCUT2D eigenvalue weighted by Crippen LogP contribution is -2.63. The predicted octanol–water partition coefficient (Wildman–Crippen LogP) is -0.312. The average Bonchev–Trinajstić information content (AvgIpc) is 2.88. The molecule has 2 aliphatic heterocycles. The molecule has 0 unspecified atom stereocenters. The molecule has 7 nitrogen and oxygen atoms in total. The van der Waals surface area contributed by atoms with Crippen LogP contribution in [0.25, 0.3) is 6.08 Å². The van der Waals surface area contributed by atoms with Gasteiger partial charge in [-0.1, -0.05) is 54.3 Å². The number of nitrogens with zero attached hydrogens (tertiary/aromatic N) is 1. The molecule has 1 aromatic carbocycles. The standard InChI is InChI=1S/C16H17NO6S2/c18-7-9-11(19)12(20)13(21)15(23-9)17-14(22)10(25-16(17)24)6-8-4-2-1-3-5-8/h1-6,9,11-13,15,18-21H,7H2/b10-6-/t9-,11+,12+,13+,15+/m0/s1. The third-order valence-electron chi connectivity index (χ3n) is 4.04. The van der Waals surface area contributed by atoms with Crippen molar-refractivity contribution in [1.29, 1.82) is 0 Å². The Morgan fingerprint density at radius 2 is 1.84 bits per heavy atom. The van der Waals surface area contributed by atoms with Crippen LogP contribution in [0.3, 0.4) is 0 Å². The summed E-state index contributed by atoms with van der Waals surface area (Å²) in [4.78, 5) is 14.1. The second-order valence-electron chi connectivity index (χ2n) is 5.68. The number of carbonyl (C=O) groups is 1. The van der Waals surface area contributed by atoms with E-state index in [0.717, 1.165) is 22.2 Å². The maximum Gasteiger partial charge on any atom is 0.268 e. The van der Waals surface area contributed by atoms with Gasteiger partial charge >= 0.3 is 0 Å². The lowest BCUT2D eigenvalue weighted by Gasteiger charge is -2.42. The monoisotopic (exact) mass is 383 g/mol. The van der Waals surface area contributed by atoms with Gasteiger partial charge in [-0.25, -0.2) is 0 Å². The average molecular weight is 383 g/mol. The molecular weight excluding hydrogens is 366 g/mol. The molecule has 2 saturated heterocycles. The molecule has 0 spiro atoms. The summed E-state index contributed by atoms with van der Waals surface area (Å²) in [5.41, 5.74) is 0.816. The number of rotatable bonds is 3. The Hall–Kier alpha value is -1.33. The van der Waals surface area contributed by atoms with Crippen molar-refractivity contribution in [1.82, 2.24) is 4.90 Å². The van der Waals surface area contributed by atoms with Crippen molar-refractivity contribution in [2.24, 2.45) is 0 Å². The fourth-order valence-electron chi connectivity index (χ4n) is 2.70. The van der Waals surface area contributed by atoms with Gasteiger partial charge in [-0.15, -0.1) is 0 Å². The molecule has 1 amide bonds. The number of benzene rings is 1. The second kappa shape index (κ2) is 7.50. The Bertz CT molecular complexity index is 695. The Kier molecular flexibility index (Phi) is 5.54. The van der Waals surface area contributed by atoms with Crippen molar-refractivity contribution in [3.05, 3.63) is 40.8 Å². The van der Waals surface area contributed by atoms with Crippen LogP contribution in [0.2, 0.25) is 0 Å². The van der Waals surface area contributed by atoms with Gasteiger partial charge in [-0.2, -0.15) is 0 Å². The van der Waals surface area contributed by atoms with E-state index in [1.807, 2.05) is 30.3 Å². The number of thioether (sulfide) groups is 1. The first-order valence-electron chi connectivity index (χ1n) is 7.56. The van der Waals surface area contributed by atoms with E-state index in [2.05, 4.69) is 0 Å². The highest BCUT2D eigenvalue weighted by atomic mass is 32.2. The Labute approximate surface area is 153 Å². The van der Waals surface area contributed by atoms with Gasteiger partial charge in [-0.3, -0.25) is 9.69 Å². The quantitative estimate of drug-likeness (QED) is 0.416. The van der Waals surface area contributed by atoms with Crippen molar-refractivity contribution in [3.8, 4) is 0 Å². The molecule has 5 atom stereocenters. The molecule has 2 aliphatic rings. The second-order valence-corrected chi connectivity index (χ2v) is 7.36. The maximum atomic E-state index is 12.7.